The Morgan fingerprint density at radius 2 is 1.86 bits per heavy atom. The van der Waals surface area contributed by atoms with E-state index < -0.39 is 12.0 Å². The van der Waals surface area contributed by atoms with Crippen molar-refractivity contribution in [2.75, 3.05) is 11.9 Å². The number of amides is 2. The minimum absolute atomic E-state index is 0.0851. The van der Waals surface area contributed by atoms with Gasteiger partial charge in [-0.05, 0) is 53.7 Å². The molecule has 0 fully saturated rings. The van der Waals surface area contributed by atoms with Crippen molar-refractivity contribution < 1.29 is 19.1 Å². The molecule has 1 heterocycles. The molecule has 2 N–H and O–H groups in total. The lowest BCUT2D eigenvalue weighted by Crippen LogP contribution is -2.29. The largest absolute Gasteiger partial charge is 0.494 e. The number of carbonyl (C=O) groups excluding carboxylic acids is 2. The van der Waals surface area contributed by atoms with E-state index in [0.717, 1.165) is 11.4 Å². The van der Waals surface area contributed by atoms with Crippen LogP contribution in [0.4, 0.5) is 10.5 Å². The van der Waals surface area contributed by atoms with Crippen LogP contribution in [0.25, 0.3) is 5.69 Å². The monoisotopic (exact) mass is 396 g/mol. The predicted octanol–water partition coefficient (Wildman–Crippen LogP) is 2.31. The van der Waals surface area contributed by atoms with Gasteiger partial charge >= 0.3 is 12.0 Å². The molecule has 3 aromatic rings. The summed E-state index contributed by atoms with van der Waals surface area (Å²) in [6.07, 6.45) is 0. The third kappa shape index (κ3) is 5.28. The zero-order valence-electron chi connectivity index (χ0n) is 16.0. The van der Waals surface area contributed by atoms with Gasteiger partial charge < -0.3 is 20.1 Å². The predicted molar refractivity (Wildman–Crippen MR) is 104 cm³/mol. The third-order valence-corrected chi connectivity index (χ3v) is 3.72. The molecule has 29 heavy (non-hydrogen) atoms. The lowest BCUT2D eigenvalue weighted by atomic mass is 10.3. The van der Waals surface area contributed by atoms with Gasteiger partial charge in [-0.1, -0.05) is 12.1 Å². The van der Waals surface area contributed by atoms with Gasteiger partial charge in [0.1, 0.15) is 5.75 Å². The Labute approximate surface area is 166 Å². The standard InChI is InChI=1S/C19H20N6O4/c1-3-28-15-10-8-14(9-11-15)25-18(22-23-24-25)12-20-19(27)21-16-6-4-5-7-17(16)29-13(2)26/h4-11H,3,12H2,1-2H3,(H2,20,21,27). The van der Waals surface area contributed by atoms with E-state index >= 15 is 0 Å². The van der Waals surface area contributed by atoms with E-state index in [9.17, 15) is 9.59 Å². The molecule has 0 saturated heterocycles. The summed E-state index contributed by atoms with van der Waals surface area (Å²) in [5.74, 6) is 0.968. The summed E-state index contributed by atoms with van der Waals surface area (Å²) >= 11 is 0. The molecule has 0 saturated carbocycles. The fourth-order valence-electron chi connectivity index (χ4n) is 2.51. The number of carbonyl (C=O) groups is 2. The Balaban J connectivity index is 1.63. The molecule has 2 amide bonds. The van der Waals surface area contributed by atoms with Gasteiger partial charge in [0.25, 0.3) is 0 Å². The Morgan fingerprint density at radius 3 is 2.59 bits per heavy atom. The van der Waals surface area contributed by atoms with Gasteiger partial charge in [0.15, 0.2) is 11.6 Å². The van der Waals surface area contributed by atoms with Crippen LogP contribution in [0, 0.1) is 0 Å². The number of nitrogens with zero attached hydrogens (tertiary/aromatic N) is 4. The molecule has 0 radical (unpaired) electrons. The molecule has 2 aromatic carbocycles. The number of hydrogen-bond acceptors (Lipinski definition) is 7. The molecule has 3 rings (SSSR count). The van der Waals surface area contributed by atoms with Crippen molar-refractivity contribution in [2.24, 2.45) is 0 Å². The highest BCUT2D eigenvalue weighted by Crippen LogP contribution is 2.23. The van der Waals surface area contributed by atoms with Gasteiger partial charge in [0.05, 0.1) is 24.5 Å². The Kier molecular flexibility index (Phi) is 6.36. The maximum absolute atomic E-state index is 12.3. The van der Waals surface area contributed by atoms with Gasteiger partial charge in [-0.25, -0.2) is 4.79 Å². The van der Waals surface area contributed by atoms with Gasteiger partial charge in [0, 0.05) is 6.92 Å². The lowest BCUT2D eigenvalue weighted by molar-refractivity contribution is -0.131. The fourth-order valence-corrected chi connectivity index (χ4v) is 2.51. The van der Waals surface area contributed by atoms with E-state index in [4.69, 9.17) is 9.47 Å². The van der Waals surface area contributed by atoms with Crippen molar-refractivity contribution in [1.29, 1.82) is 0 Å². The number of aromatic nitrogens is 4. The van der Waals surface area contributed by atoms with Crippen molar-refractivity contribution >= 4 is 17.7 Å². The van der Waals surface area contributed by atoms with Crippen molar-refractivity contribution in [3.05, 3.63) is 54.4 Å². The van der Waals surface area contributed by atoms with Crippen molar-refractivity contribution in [2.45, 2.75) is 20.4 Å². The first kappa shape index (κ1) is 19.8. The van der Waals surface area contributed by atoms with Crippen LogP contribution in [0.3, 0.4) is 0 Å². The number of para-hydroxylation sites is 2. The second-order valence-electron chi connectivity index (χ2n) is 5.83. The summed E-state index contributed by atoms with van der Waals surface area (Å²) in [6, 6.07) is 13.4. The van der Waals surface area contributed by atoms with E-state index in [1.165, 1.54) is 11.6 Å². The van der Waals surface area contributed by atoms with E-state index in [0.29, 0.717) is 18.1 Å². The number of esters is 1. The zero-order valence-corrected chi connectivity index (χ0v) is 16.0. The molecule has 0 spiro atoms. The summed E-state index contributed by atoms with van der Waals surface area (Å²) in [7, 11) is 0. The quantitative estimate of drug-likeness (QED) is 0.464. The van der Waals surface area contributed by atoms with Crippen LogP contribution in [-0.4, -0.2) is 38.8 Å². The van der Waals surface area contributed by atoms with Crippen molar-refractivity contribution in [1.82, 2.24) is 25.5 Å². The molecule has 0 aliphatic heterocycles. The summed E-state index contributed by atoms with van der Waals surface area (Å²) in [5.41, 5.74) is 1.10. The van der Waals surface area contributed by atoms with Crippen molar-refractivity contribution in [3.8, 4) is 17.2 Å². The molecule has 0 atom stereocenters. The molecule has 0 unspecified atom stereocenters. The van der Waals surface area contributed by atoms with E-state index in [1.807, 2.05) is 31.2 Å². The third-order valence-electron chi connectivity index (χ3n) is 3.72. The van der Waals surface area contributed by atoms with E-state index in [2.05, 4.69) is 26.2 Å². The number of urea groups is 1. The number of hydrogen-bond donors (Lipinski definition) is 2. The maximum Gasteiger partial charge on any atom is 0.319 e. The minimum atomic E-state index is -0.495. The second-order valence-corrected chi connectivity index (χ2v) is 5.83. The van der Waals surface area contributed by atoms with Gasteiger partial charge in [-0.2, -0.15) is 4.68 Å². The van der Waals surface area contributed by atoms with Gasteiger partial charge in [-0.15, -0.1) is 5.10 Å². The SMILES string of the molecule is CCOc1ccc(-n2nnnc2CNC(=O)Nc2ccccc2OC(C)=O)cc1. The first-order valence-corrected chi connectivity index (χ1v) is 8.89. The van der Waals surface area contributed by atoms with E-state index in [-0.39, 0.29) is 12.3 Å². The number of ether oxygens (including phenoxy) is 2. The first-order chi connectivity index (χ1) is 14.1. The molecule has 150 valence electrons. The molecular weight excluding hydrogens is 376 g/mol. The number of anilines is 1. The average Bonchev–Trinajstić information content (AvgIpc) is 3.17. The fraction of sp³-hybridized carbons (Fsp3) is 0.211. The van der Waals surface area contributed by atoms with Gasteiger partial charge in [-0.3, -0.25) is 4.79 Å². The minimum Gasteiger partial charge on any atom is -0.494 e. The van der Waals surface area contributed by atoms with Crippen LogP contribution in [0.5, 0.6) is 11.5 Å². The average molecular weight is 396 g/mol. The van der Waals surface area contributed by atoms with Crippen LogP contribution in [0.15, 0.2) is 48.5 Å². The van der Waals surface area contributed by atoms with Crippen LogP contribution in [-0.2, 0) is 11.3 Å². The summed E-state index contributed by atoms with van der Waals surface area (Å²) < 4.78 is 12.0. The smallest absolute Gasteiger partial charge is 0.319 e. The zero-order chi connectivity index (χ0) is 20.6. The molecule has 0 bridgehead atoms. The summed E-state index contributed by atoms with van der Waals surface area (Å²) in [4.78, 5) is 23.4. The highest BCUT2D eigenvalue weighted by molar-refractivity contribution is 5.91. The molecule has 1 aromatic heterocycles. The number of benzene rings is 2. The number of rotatable bonds is 7. The molecule has 10 nitrogen and oxygen atoms in total. The highest BCUT2D eigenvalue weighted by Gasteiger charge is 2.12. The highest BCUT2D eigenvalue weighted by atomic mass is 16.5. The molecule has 0 aliphatic rings. The van der Waals surface area contributed by atoms with Crippen LogP contribution >= 0.6 is 0 Å². The normalized spacial score (nSPS) is 10.3. The maximum atomic E-state index is 12.3. The topological polar surface area (TPSA) is 120 Å². The lowest BCUT2D eigenvalue weighted by Gasteiger charge is -2.11. The Bertz CT molecular complexity index is 986. The molecule has 0 aliphatic carbocycles. The van der Waals surface area contributed by atoms with Crippen molar-refractivity contribution in [3.63, 3.8) is 0 Å². The van der Waals surface area contributed by atoms with Crippen LogP contribution in [0.2, 0.25) is 0 Å². The second kappa shape index (κ2) is 9.31. The molecule has 10 heteroatoms. The molecular formula is C19H20N6O4. The van der Waals surface area contributed by atoms with Crippen LogP contribution in [0.1, 0.15) is 19.7 Å². The number of nitrogens with one attached hydrogen (secondary N) is 2. The van der Waals surface area contributed by atoms with E-state index in [1.54, 1.807) is 24.3 Å². The summed E-state index contributed by atoms with van der Waals surface area (Å²) in [5, 5.41) is 16.9. The van der Waals surface area contributed by atoms with Gasteiger partial charge in [0.2, 0.25) is 0 Å². The first-order valence-electron chi connectivity index (χ1n) is 8.89. The Hall–Kier alpha value is -3.95. The number of tetrazole rings is 1. The van der Waals surface area contributed by atoms with Crippen LogP contribution < -0.4 is 20.1 Å². The Morgan fingerprint density at radius 1 is 1.10 bits per heavy atom. The summed E-state index contributed by atoms with van der Waals surface area (Å²) in [6.45, 7) is 3.86.